The number of para-hydroxylation sites is 1. The first-order valence-electron chi connectivity index (χ1n) is 16.6. The molecule has 1 saturated heterocycles. The van der Waals surface area contributed by atoms with Crippen molar-refractivity contribution in [2.24, 2.45) is 5.92 Å². The van der Waals surface area contributed by atoms with Crippen LogP contribution in [0.5, 0.6) is 0 Å². The molecule has 5 heteroatoms. The molecule has 3 aromatic carbocycles. The van der Waals surface area contributed by atoms with E-state index in [0.29, 0.717) is 11.5 Å². The van der Waals surface area contributed by atoms with Gasteiger partial charge in [-0.2, -0.15) is 0 Å². The first-order chi connectivity index (χ1) is 22.3. The number of hydrogen-bond acceptors (Lipinski definition) is 3. The van der Waals surface area contributed by atoms with Crippen LogP contribution in [0.3, 0.4) is 0 Å². The van der Waals surface area contributed by atoms with Gasteiger partial charge in [0.05, 0.1) is 11.7 Å². The van der Waals surface area contributed by atoms with Crippen molar-refractivity contribution < 1.29 is 9.18 Å². The summed E-state index contributed by atoms with van der Waals surface area (Å²) in [6.07, 6.45) is 10.7. The number of rotatable bonds is 10. The Morgan fingerprint density at radius 2 is 1.74 bits per heavy atom. The average Bonchev–Trinajstić information content (AvgIpc) is 3.08. The Labute approximate surface area is 274 Å². The van der Waals surface area contributed by atoms with Crippen LogP contribution in [0.15, 0.2) is 103 Å². The van der Waals surface area contributed by atoms with Crippen LogP contribution >= 0.6 is 0 Å². The standard InChI is InChI=1S/C41H46FN3O/c1-6-13-33-27-35(20-21-38(33)37(14-7-2)34-16-12-17-36(42)28-34)41(46)44-25-22-32(23-26-44)30(4)45(40-19-9-8-15-29(40)3)31(5)39-18-10-11-24-43-39/h6,8-21,24,27-28,30-32H,7,22-23,25-26H2,1-5H3/b13-6+,37-14-. The summed E-state index contributed by atoms with van der Waals surface area (Å²) in [5, 5.41) is 0. The first-order valence-corrected chi connectivity index (χ1v) is 16.6. The van der Waals surface area contributed by atoms with E-state index < -0.39 is 0 Å². The molecule has 2 unspecified atom stereocenters. The third-order valence-corrected chi connectivity index (χ3v) is 9.35. The quantitative estimate of drug-likeness (QED) is 0.178. The van der Waals surface area contributed by atoms with Crippen LogP contribution in [0.2, 0.25) is 0 Å². The number of piperidine rings is 1. The molecular formula is C41H46FN3O. The number of aromatic nitrogens is 1. The van der Waals surface area contributed by atoms with E-state index in [2.05, 4.69) is 75.1 Å². The fourth-order valence-electron chi connectivity index (χ4n) is 6.90. The lowest BCUT2D eigenvalue weighted by molar-refractivity contribution is 0.0678. The Bertz CT molecular complexity index is 1690. The number of halogens is 1. The maximum Gasteiger partial charge on any atom is 0.253 e. The SMILES string of the molecule is C/C=C/c1cc(C(=O)N2CCC(C(C)N(c3ccccc3C)C(C)c3ccccn3)CC2)ccc1/C(=C\CC)c1cccc(F)c1. The maximum atomic E-state index is 14.2. The fourth-order valence-corrected chi connectivity index (χ4v) is 6.90. The highest BCUT2D eigenvalue weighted by Crippen LogP contribution is 2.36. The predicted molar refractivity (Wildman–Crippen MR) is 189 cm³/mol. The van der Waals surface area contributed by atoms with Crippen LogP contribution in [0.1, 0.15) is 91.3 Å². The van der Waals surface area contributed by atoms with Gasteiger partial charge in [-0.05, 0) is 123 Å². The molecule has 0 radical (unpaired) electrons. The van der Waals surface area contributed by atoms with Crippen molar-refractivity contribution in [2.75, 3.05) is 18.0 Å². The largest absolute Gasteiger partial charge is 0.360 e. The highest BCUT2D eigenvalue weighted by Gasteiger charge is 2.33. The number of carbonyl (C=O) groups is 1. The van der Waals surface area contributed by atoms with Crippen LogP contribution in [0, 0.1) is 18.7 Å². The summed E-state index contributed by atoms with van der Waals surface area (Å²) in [4.78, 5) is 23.1. The molecule has 46 heavy (non-hydrogen) atoms. The second kappa shape index (κ2) is 15.2. The highest BCUT2D eigenvalue weighted by atomic mass is 19.1. The molecule has 0 bridgehead atoms. The van der Waals surface area contributed by atoms with Gasteiger partial charge in [0, 0.05) is 36.6 Å². The molecule has 1 aliphatic rings. The third-order valence-electron chi connectivity index (χ3n) is 9.35. The number of hydrogen-bond donors (Lipinski definition) is 0. The van der Waals surface area contributed by atoms with E-state index in [1.165, 1.54) is 17.3 Å². The van der Waals surface area contributed by atoms with Gasteiger partial charge in [0.1, 0.15) is 5.82 Å². The van der Waals surface area contributed by atoms with Crippen molar-refractivity contribution in [2.45, 2.75) is 66.0 Å². The zero-order valence-electron chi connectivity index (χ0n) is 27.8. The monoisotopic (exact) mass is 615 g/mol. The molecule has 1 amide bonds. The summed E-state index contributed by atoms with van der Waals surface area (Å²) in [5.41, 5.74) is 7.98. The van der Waals surface area contributed by atoms with Gasteiger partial charge in [-0.1, -0.05) is 67.6 Å². The van der Waals surface area contributed by atoms with E-state index in [1.54, 1.807) is 12.1 Å². The minimum Gasteiger partial charge on any atom is -0.360 e. The van der Waals surface area contributed by atoms with Crippen molar-refractivity contribution in [3.05, 3.63) is 143 Å². The van der Waals surface area contributed by atoms with E-state index in [1.807, 2.05) is 60.5 Å². The number of nitrogens with zero attached hydrogens (tertiary/aromatic N) is 3. The lowest BCUT2D eigenvalue weighted by Crippen LogP contribution is -2.47. The Morgan fingerprint density at radius 3 is 2.41 bits per heavy atom. The minimum atomic E-state index is -0.259. The molecule has 0 spiro atoms. The Morgan fingerprint density at radius 1 is 0.978 bits per heavy atom. The molecule has 2 heterocycles. The zero-order valence-corrected chi connectivity index (χ0v) is 27.8. The molecule has 1 aromatic heterocycles. The lowest BCUT2D eigenvalue weighted by Gasteiger charge is -2.44. The molecule has 5 rings (SSSR count). The van der Waals surface area contributed by atoms with Crippen molar-refractivity contribution in [3.8, 4) is 0 Å². The number of anilines is 1. The summed E-state index contributed by atoms with van der Waals surface area (Å²) in [7, 11) is 0. The van der Waals surface area contributed by atoms with Gasteiger partial charge in [0.15, 0.2) is 0 Å². The van der Waals surface area contributed by atoms with Gasteiger partial charge in [-0.3, -0.25) is 9.78 Å². The molecule has 0 saturated carbocycles. The number of carbonyl (C=O) groups excluding carboxylic acids is 1. The summed E-state index contributed by atoms with van der Waals surface area (Å²) in [6, 6.07) is 27.7. The number of amides is 1. The van der Waals surface area contributed by atoms with Crippen molar-refractivity contribution in [1.29, 1.82) is 0 Å². The predicted octanol–water partition coefficient (Wildman–Crippen LogP) is 9.91. The zero-order chi connectivity index (χ0) is 32.6. The Balaban J connectivity index is 1.34. The maximum absolute atomic E-state index is 14.2. The van der Waals surface area contributed by atoms with Crippen molar-refractivity contribution in [1.82, 2.24) is 9.88 Å². The molecule has 1 aliphatic heterocycles. The molecule has 0 aliphatic carbocycles. The molecule has 4 nitrogen and oxygen atoms in total. The normalized spacial score (nSPS) is 15.6. The fraction of sp³-hybridized carbons (Fsp3) is 0.317. The second-order valence-corrected chi connectivity index (χ2v) is 12.3. The van der Waals surface area contributed by atoms with Crippen molar-refractivity contribution >= 4 is 23.2 Å². The van der Waals surface area contributed by atoms with E-state index in [4.69, 9.17) is 4.98 Å². The molecule has 4 aromatic rings. The van der Waals surface area contributed by atoms with Crippen LogP contribution < -0.4 is 4.90 Å². The molecule has 0 N–H and O–H groups in total. The number of pyridine rings is 1. The van der Waals surface area contributed by atoms with Crippen LogP contribution in [-0.2, 0) is 0 Å². The average molecular weight is 616 g/mol. The van der Waals surface area contributed by atoms with Gasteiger partial charge in [0.2, 0.25) is 0 Å². The summed E-state index contributed by atoms with van der Waals surface area (Å²) < 4.78 is 14.2. The van der Waals surface area contributed by atoms with Gasteiger partial charge >= 0.3 is 0 Å². The van der Waals surface area contributed by atoms with Gasteiger partial charge in [-0.25, -0.2) is 4.39 Å². The topological polar surface area (TPSA) is 36.4 Å². The number of allylic oxidation sites excluding steroid dienone is 2. The van der Waals surface area contributed by atoms with Gasteiger partial charge < -0.3 is 9.80 Å². The molecular weight excluding hydrogens is 569 g/mol. The number of aryl methyl sites for hydroxylation is 1. The molecule has 238 valence electrons. The molecule has 1 fully saturated rings. The third kappa shape index (κ3) is 7.31. The number of benzene rings is 3. The van der Waals surface area contributed by atoms with E-state index >= 15 is 0 Å². The summed E-state index contributed by atoms with van der Waals surface area (Å²) in [5.74, 6) is 0.237. The minimum absolute atomic E-state index is 0.0628. The van der Waals surface area contributed by atoms with Crippen LogP contribution in [-0.4, -0.2) is 34.9 Å². The van der Waals surface area contributed by atoms with E-state index in [-0.39, 0.29) is 23.8 Å². The van der Waals surface area contributed by atoms with E-state index in [9.17, 15) is 9.18 Å². The Kier molecular flexibility index (Phi) is 10.8. The summed E-state index contributed by atoms with van der Waals surface area (Å²) >= 11 is 0. The van der Waals surface area contributed by atoms with Crippen LogP contribution in [0.25, 0.3) is 11.6 Å². The smallest absolute Gasteiger partial charge is 0.253 e. The van der Waals surface area contributed by atoms with Gasteiger partial charge in [-0.15, -0.1) is 0 Å². The second-order valence-electron chi connectivity index (χ2n) is 12.3. The number of likely N-dealkylation sites (tertiary alicyclic amines) is 1. The lowest BCUT2D eigenvalue weighted by atomic mass is 9.87. The highest BCUT2D eigenvalue weighted by molar-refractivity contribution is 5.96. The van der Waals surface area contributed by atoms with Crippen LogP contribution in [0.4, 0.5) is 10.1 Å². The Hall–Kier alpha value is -4.51. The molecule has 2 atom stereocenters. The van der Waals surface area contributed by atoms with Crippen molar-refractivity contribution in [3.63, 3.8) is 0 Å². The van der Waals surface area contributed by atoms with Gasteiger partial charge in [0.25, 0.3) is 5.91 Å². The first kappa shape index (κ1) is 32.9. The van der Waals surface area contributed by atoms with E-state index in [0.717, 1.165) is 60.3 Å². The summed E-state index contributed by atoms with van der Waals surface area (Å²) in [6.45, 7) is 12.2.